The lowest BCUT2D eigenvalue weighted by atomic mass is 10.1. The van der Waals surface area contributed by atoms with Crippen molar-refractivity contribution in [2.45, 2.75) is 38.8 Å². The lowest BCUT2D eigenvalue weighted by molar-refractivity contribution is 0.0592. The lowest BCUT2D eigenvalue weighted by Crippen LogP contribution is -2.46. The fourth-order valence-electron chi connectivity index (χ4n) is 2.26. The summed E-state index contributed by atoms with van der Waals surface area (Å²) < 4.78 is 38.3. The maximum Gasteiger partial charge on any atom is 0.282 e. The van der Waals surface area contributed by atoms with E-state index < -0.39 is 10.2 Å². The number of hydrogen-bond donors (Lipinski definition) is 0. The smallest absolute Gasteiger partial charge is 0.282 e. The monoisotopic (exact) mass is 318 g/mol. The summed E-state index contributed by atoms with van der Waals surface area (Å²) in [4.78, 5) is 0. The minimum Gasteiger partial charge on any atom is -0.424 e. The molecule has 21 heavy (non-hydrogen) atoms. The molecule has 1 aliphatic rings. The van der Waals surface area contributed by atoms with Gasteiger partial charge in [0.2, 0.25) is 11.8 Å². The number of methoxy groups -OCH3 is 1. The number of aromatic nitrogens is 2. The van der Waals surface area contributed by atoms with Crippen molar-refractivity contribution in [2.75, 3.05) is 27.2 Å². The predicted molar refractivity (Wildman–Crippen MR) is 75.7 cm³/mol. The molecule has 8 nitrogen and oxygen atoms in total. The molecule has 0 aromatic carbocycles. The van der Waals surface area contributed by atoms with Gasteiger partial charge >= 0.3 is 0 Å². The maximum absolute atomic E-state index is 12.5. The van der Waals surface area contributed by atoms with E-state index in [1.165, 1.54) is 15.7 Å². The van der Waals surface area contributed by atoms with E-state index in [0.717, 1.165) is 0 Å². The molecule has 120 valence electrons. The highest BCUT2D eigenvalue weighted by Crippen LogP contribution is 2.19. The molecule has 1 aliphatic heterocycles. The first-order chi connectivity index (χ1) is 9.97. The topological polar surface area (TPSA) is 88.8 Å². The first kappa shape index (κ1) is 16.3. The van der Waals surface area contributed by atoms with Crippen LogP contribution < -0.4 is 0 Å². The van der Waals surface area contributed by atoms with Gasteiger partial charge in [0.05, 0.1) is 12.6 Å². The Bertz CT molecular complexity index is 551. The van der Waals surface area contributed by atoms with Crippen LogP contribution in [0.3, 0.4) is 0 Å². The zero-order chi connectivity index (χ0) is 15.5. The van der Waals surface area contributed by atoms with Crippen LogP contribution in [0.2, 0.25) is 0 Å². The molecule has 0 unspecified atom stereocenters. The second-order valence-electron chi connectivity index (χ2n) is 5.04. The number of aryl methyl sites for hydroxylation is 1. The second-order valence-corrected chi connectivity index (χ2v) is 7.08. The molecule has 2 rings (SSSR count). The van der Waals surface area contributed by atoms with E-state index in [-0.39, 0.29) is 12.6 Å². The number of ether oxygens (including phenoxy) is 1. The molecule has 0 aliphatic carbocycles. The minimum absolute atomic E-state index is 0.0829. The normalized spacial score (nSPS) is 18.5. The van der Waals surface area contributed by atoms with Crippen LogP contribution in [0.5, 0.6) is 0 Å². The van der Waals surface area contributed by atoms with Crippen LogP contribution in [0.15, 0.2) is 4.42 Å². The van der Waals surface area contributed by atoms with Crippen LogP contribution in [0, 0.1) is 0 Å². The fraction of sp³-hybridized carbons (Fsp3) is 0.833. The zero-order valence-corrected chi connectivity index (χ0v) is 13.5. The van der Waals surface area contributed by atoms with Gasteiger partial charge in [0.15, 0.2) is 0 Å². The number of nitrogens with zero attached hydrogens (tertiary/aromatic N) is 4. The van der Waals surface area contributed by atoms with Crippen LogP contribution in [0.4, 0.5) is 0 Å². The summed E-state index contributed by atoms with van der Waals surface area (Å²) in [7, 11) is -0.330. The van der Waals surface area contributed by atoms with Gasteiger partial charge in [-0.1, -0.05) is 6.92 Å². The molecule has 0 amide bonds. The van der Waals surface area contributed by atoms with Crippen molar-refractivity contribution in [3.8, 4) is 0 Å². The van der Waals surface area contributed by atoms with Crippen molar-refractivity contribution in [1.29, 1.82) is 0 Å². The fourth-order valence-corrected chi connectivity index (χ4v) is 3.60. The Morgan fingerprint density at radius 3 is 2.48 bits per heavy atom. The van der Waals surface area contributed by atoms with Gasteiger partial charge in [-0.05, 0) is 12.8 Å². The maximum atomic E-state index is 12.5. The van der Waals surface area contributed by atoms with Gasteiger partial charge in [-0.15, -0.1) is 10.2 Å². The standard InChI is InChI=1S/C12H22N4O4S/c1-4-11-13-14-12(20-11)9-15(2)21(17,18)16-7-5-10(19-3)6-8-16/h10H,4-9H2,1-3H3. The van der Waals surface area contributed by atoms with Gasteiger partial charge in [0, 0.05) is 33.7 Å². The third kappa shape index (κ3) is 3.79. The third-order valence-electron chi connectivity index (χ3n) is 3.62. The summed E-state index contributed by atoms with van der Waals surface area (Å²) >= 11 is 0. The molecule has 2 heterocycles. The Kier molecular flexibility index (Phi) is 5.31. The summed E-state index contributed by atoms with van der Waals surface area (Å²) in [6.07, 6.45) is 2.20. The van der Waals surface area contributed by atoms with E-state index in [2.05, 4.69) is 10.2 Å². The predicted octanol–water partition coefficient (Wildman–Crippen LogP) is 0.419. The van der Waals surface area contributed by atoms with Crippen LogP contribution in [0.25, 0.3) is 0 Å². The zero-order valence-electron chi connectivity index (χ0n) is 12.7. The number of rotatable bonds is 6. The Morgan fingerprint density at radius 1 is 1.33 bits per heavy atom. The second kappa shape index (κ2) is 6.82. The molecule has 0 spiro atoms. The van der Waals surface area contributed by atoms with Crippen LogP contribution in [-0.4, -0.2) is 60.6 Å². The van der Waals surface area contributed by atoms with Crippen molar-refractivity contribution in [3.63, 3.8) is 0 Å². The lowest BCUT2D eigenvalue weighted by Gasteiger charge is -2.32. The minimum atomic E-state index is -3.51. The van der Waals surface area contributed by atoms with Crippen molar-refractivity contribution in [3.05, 3.63) is 11.8 Å². The number of hydrogen-bond acceptors (Lipinski definition) is 6. The first-order valence-electron chi connectivity index (χ1n) is 7.02. The molecule has 0 atom stereocenters. The summed E-state index contributed by atoms with van der Waals surface area (Å²) in [5.74, 6) is 0.821. The Labute approximate surface area is 125 Å². The average molecular weight is 318 g/mol. The van der Waals surface area contributed by atoms with E-state index in [4.69, 9.17) is 9.15 Å². The molecule has 0 radical (unpaired) electrons. The Hall–Kier alpha value is -1.03. The summed E-state index contributed by atoms with van der Waals surface area (Å²) in [5.41, 5.74) is 0. The van der Waals surface area contributed by atoms with Gasteiger partial charge in [0.25, 0.3) is 10.2 Å². The van der Waals surface area contributed by atoms with Gasteiger partial charge in [-0.25, -0.2) is 0 Å². The van der Waals surface area contributed by atoms with Crippen LogP contribution in [0.1, 0.15) is 31.5 Å². The summed E-state index contributed by atoms with van der Waals surface area (Å²) in [5, 5.41) is 7.68. The molecular formula is C12H22N4O4S. The molecule has 1 aromatic rings. The first-order valence-corrected chi connectivity index (χ1v) is 8.42. The van der Waals surface area contributed by atoms with E-state index in [9.17, 15) is 8.42 Å². The molecule has 1 aromatic heterocycles. The summed E-state index contributed by atoms with van der Waals surface area (Å²) in [6.45, 7) is 2.92. The SMILES string of the molecule is CCc1nnc(CN(C)S(=O)(=O)N2CCC(OC)CC2)o1. The van der Waals surface area contributed by atoms with E-state index in [1.807, 2.05) is 6.92 Å². The van der Waals surface area contributed by atoms with E-state index in [0.29, 0.717) is 44.1 Å². The molecule has 1 fully saturated rings. The molecule has 1 saturated heterocycles. The molecule has 0 bridgehead atoms. The molecule has 9 heteroatoms. The molecule has 0 saturated carbocycles. The van der Waals surface area contributed by atoms with Gasteiger partial charge < -0.3 is 9.15 Å². The highest BCUT2D eigenvalue weighted by Gasteiger charge is 2.31. The van der Waals surface area contributed by atoms with Crippen molar-refractivity contribution < 1.29 is 17.6 Å². The van der Waals surface area contributed by atoms with Gasteiger partial charge in [-0.3, -0.25) is 0 Å². The van der Waals surface area contributed by atoms with E-state index >= 15 is 0 Å². The highest BCUT2D eigenvalue weighted by molar-refractivity contribution is 7.86. The molecular weight excluding hydrogens is 296 g/mol. The molecule has 0 N–H and O–H groups in total. The van der Waals surface area contributed by atoms with E-state index in [1.54, 1.807) is 7.11 Å². The van der Waals surface area contributed by atoms with Crippen molar-refractivity contribution in [1.82, 2.24) is 18.8 Å². The average Bonchev–Trinajstić information content (AvgIpc) is 2.95. The van der Waals surface area contributed by atoms with Gasteiger partial charge in [-0.2, -0.15) is 17.0 Å². The van der Waals surface area contributed by atoms with Crippen LogP contribution >= 0.6 is 0 Å². The number of piperidine rings is 1. The Balaban J connectivity index is 1.98. The van der Waals surface area contributed by atoms with Crippen molar-refractivity contribution >= 4 is 10.2 Å². The largest absolute Gasteiger partial charge is 0.424 e. The third-order valence-corrected chi connectivity index (χ3v) is 5.56. The Morgan fingerprint density at radius 2 is 1.95 bits per heavy atom. The van der Waals surface area contributed by atoms with Crippen molar-refractivity contribution in [2.24, 2.45) is 0 Å². The quantitative estimate of drug-likeness (QED) is 0.755. The summed E-state index contributed by atoms with van der Waals surface area (Å²) in [6, 6.07) is 0. The van der Waals surface area contributed by atoms with Crippen LogP contribution in [-0.2, 0) is 27.9 Å². The van der Waals surface area contributed by atoms with Gasteiger partial charge in [0.1, 0.15) is 0 Å². The highest BCUT2D eigenvalue weighted by atomic mass is 32.2.